The summed E-state index contributed by atoms with van der Waals surface area (Å²) < 4.78 is 0.419. The number of halogens is 1. The van der Waals surface area contributed by atoms with Crippen molar-refractivity contribution in [3.05, 3.63) is 44.1 Å². The zero-order valence-electron chi connectivity index (χ0n) is 13.1. The number of carbonyl (C=O) groups excluding carboxylic acids is 2. The van der Waals surface area contributed by atoms with Gasteiger partial charge in [0.05, 0.1) is 18.1 Å². The van der Waals surface area contributed by atoms with Crippen LogP contribution in [-0.2, 0) is 9.59 Å². The summed E-state index contributed by atoms with van der Waals surface area (Å²) in [6.45, 7) is 3.33. The van der Waals surface area contributed by atoms with Gasteiger partial charge in [-0.05, 0) is 33.5 Å². The number of benzene rings is 1. The number of rotatable bonds is 6. The number of imide groups is 1. The van der Waals surface area contributed by atoms with Gasteiger partial charge in [-0.25, -0.2) is 0 Å². The number of hydrogen-bond donors (Lipinski definition) is 2. The van der Waals surface area contributed by atoms with Crippen molar-refractivity contribution in [2.45, 2.75) is 19.8 Å². The molecule has 0 radical (unpaired) electrons. The van der Waals surface area contributed by atoms with Crippen molar-refractivity contribution in [1.82, 2.24) is 4.90 Å². The van der Waals surface area contributed by atoms with Gasteiger partial charge in [-0.1, -0.05) is 13.8 Å². The molecule has 24 heavy (non-hydrogen) atoms. The van der Waals surface area contributed by atoms with Crippen molar-refractivity contribution < 1.29 is 19.6 Å². The highest BCUT2D eigenvalue weighted by molar-refractivity contribution is 9.10. The fraction of sp³-hybridized carbons (Fsp3) is 0.333. The molecule has 0 saturated heterocycles. The van der Waals surface area contributed by atoms with Crippen molar-refractivity contribution in [2.75, 3.05) is 18.5 Å². The van der Waals surface area contributed by atoms with Gasteiger partial charge in [-0.15, -0.1) is 0 Å². The van der Waals surface area contributed by atoms with E-state index in [1.807, 2.05) is 13.8 Å². The number of nitrogens with one attached hydrogen (secondary N) is 1. The summed E-state index contributed by atoms with van der Waals surface area (Å²) in [5.74, 6) is -1.12. The van der Waals surface area contributed by atoms with E-state index in [9.17, 15) is 19.7 Å². The Morgan fingerprint density at radius 2 is 2.04 bits per heavy atom. The van der Waals surface area contributed by atoms with Gasteiger partial charge in [0.1, 0.15) is 11.4 Å². The van der Waals surface area contributed by atoms with E-state index in [2.05, 4.69) is 21.2 Å². The average Bonchev–Trinajstić information content (AvgIpc) is 2.76. The van der Waals surface area contributed by atoms with Crippen molar-refractivity contribution >= 4 is 39.1 Å². The standard InChI is InChI=1S/C15H16BrN3O5/c1-8(2)9-5-10(16)14(12(6-9)19(23)24)17-11-7-13(21)18(3-4-20)15(11)22/h5-8,17,20H,3-4H2,1-2H3. The number of aliphatic hydroxyl groups excluding tert-OH is 1. The van der Waals surface area contributed by atoms with E-state index in [4.69, 9.17) is 5.11 Å². The lowest BCUT2D eigenvalue weighted by molar-refractivity contribution is -0.384. The van der Waals surface area contributed by atoms with Crippen LogP contribution in [0.5, 0.6) is 0 Å². The fourth-order valence-corrected chi connectivity index (χ4v) is 2.82. The number of amides is 2. The topological polar surface area (TPSA) is 113 Å². The molecule has 0 spiro atoms. The summed E-state index contributed by atoms with van der Waals surface area (Å²) in [7, 11) is 0. The normalized spacial score (nSPS) is 14.4. The first-order valence-electron chi connectivity index (χ1n) is 7.19. The second-order valence-corrected chi connectivity index (χ2v) is 6.36. The first-order chi connectivity index (χ1) is 11.3. The predicted octanol–water partition coefficient (Wildman–Crippen LogP) is 2.14. The summed E-state index contributed by atoms with van der Waals surface area (Å²) in [6, 6.07) is 3.17. The molecular weight excluding hydrogens is 382 g/mol. The summed E-state index contributed by atoms with van der Waals surface area (Å²) in [4.78, 5) is 35.6. The fourth-order valence-electron chi connectivity index (χ4n) is 2.26. The van der Waals surface area contributed by atoms with Crippen LogP contribution in [0.15, 0.2) is 28.4 Å². The maximum Gasteiger partial charge on any atom is 0.294 e. The molecule has 128 valence electrons. The maximum absolute atomic E-state index is 12.2. The van der Waals surface area contributed by atoms with Gasteiger partial charge >= 0.3 is 0 Å². The van der Waals surface area contributed by atoms with E-state index in [0.29, 0.717) is 4.47 Å². The lowest BCUT2D eigenvalue weighted by Crippen LogP contribution is -2.34. The molecule has 0 saturated carbocycles. The van der Waals surface area contributed by atoms with Crippen LogP contribution in [0.3, 0.4) is 0 Å². The summed E-state index contributed by atoms with van der Waals surface area (Å²) in [5, 5.41) is 22.9. The van der Waals surface area contributed by atoms with Crippen LogP contribution in [0.4, 0.5) is 11.4 Å². The third-order valence-corrected chi connectivity index (χ3v) is 4.17. The molecule has 9 heteroatoms. The Morgan fingerprint density at radius 1 is 1.38 bits per heavy atom. The number of hydrogen-bond acceptors (Lipinski definition) is 6. The molecule has 1 aromatic rings. The number of nitrogens with zero attached hydrogens (tertiary/aromatic N) is 2. The van der Waals surface area contributed by atoms with E-state index < -0.39 is 16.7 Å². The molecule has 2 rings (SSSR count). The van der Waals surface area contributed by atoms with E-state index in [0.717, 1.165) is 16.5 Å². The molecule has 0 aliphatic carbocycles. The number of nitro groups is 1. The second kappa shape index (κ2) is 7.10. The van der Waals surface area contributed by atoms with Crippen molar-refractivity contribution in [3.63, 3.8) is 0 Å². The minimum absolute atomic E-state index is 0.0745. The van der Waals surface area contributed by atoms with Crippen LogP contribution in [0.1, 0.15) is 25.3 Å². The molecule has 0 fully saturated rings. The average molecular weight is 398 g/mol. The molecular formula is C15H16BrN3O5. The Balaban J connectivity index is 2.40. The molecule has 1 aliphatic rings. The molecule has 0 aromatic heterocycles. The number of carbonyl (C=O) groups is 2. The van der Waals surface area contributed by atoms with Gasteiger partial charge in [0.15, 0.2) is 0 Å². The highest BCUT2D eigenvalue weighted by atomic mass is 79.9. The third kappa shape index (κ3) is 3.46. The SMILES string of the molecule is CC(C)c1cc(Br)c(NC2=CC(=O)N(CCO)C2=O)c([N+](=O)[O-])c1. The Labute approximate surface area is 146 Å². The lowest BCUT2D eigenvalue weighted by Gasteiger charge is -2.15. The summed E-state index contributed by atoms with van der Waals surface area (Å²) in [5.41, 5.74) is 0.593. The minimum atomic E-state index is -0.636. The van der Waals surface area contributed by atoms with Gasteiger partial charge in [-0.2, -0.15) is 0 Å². The van der Waals surface area contributed by atoms with Crippen molar-refractivity contribution in [2.24, 2.45) is 0 Å². The molecule has 2 amide bonds. The van der Waals surface area contributed by atoms with Gasteiger partial charge < -0.3 is 10.4 Å². The van der Waals surface area contributed by atoms with Crippen LogP contribution in [0.25, 0.3) is 0 Å². The molecule has 0 atom stereocenters. The van der Waals surface area contributed by atoms with E-state index in [-0.39, 0.29) is 36.1 Å². The van der Waals surface area contributed by atoms with Crippen LogP contribution in [-0.4, -0.2) is 39.9 Å². The largest absolute Gasteiger partial charge is 0.395 e. The molecule has 0 bridgehead atoms. The smallest absolute Gasteiger partial charge is 0.294 e. The molecule has 8 nitrogen and oxygen atoms in total. The highest BCUT2D eigenvalue weighted by Crippen LogP contribution is 2.37. The highest BCUT2D eigenvalue weighted by Gasteiger charge is 2.32. The molecule has 1 heterocycles. The Kier molecular flexibility index (Phi) is 5.35. The minimum Gasteiger partial charge on any atom is -0.395 e. The van der Waals surface area contributed by atoms with Gasteiger partial charge in [-0.3, -0.25) is 24.6 Å². The predicted molar refractivity (Wildman–Crippen MR) is 90.4 cm³/mol. The van der Waals surface area contributed by atoms with Crippen molar-refractivity contribution in [3.8, 4) is 0 Å². The Morgan fingerprint density at radius 3 is 2.58 bits per heavy atom. The Bertz CT molecular complexity index is 745. The van der Waals surface area contributed by atoms with Crippen molar-refractivity contribution in [1.29, 1.82) is 0 Å². The molecule has 1 aromatic carbocycles. The van der Waals surface area contributed by atoms with Gasteiger partial charge in [0, 0.05) is 16.6 Å². The molecule has 1 aliphatic heterocycles. The first-order valence-corrected chi connectivity index (χ1v) is 7.98. The van der Waals surface area contributed by atoms with Crippen LogP contribution in [0.2, 0.25) is 0 Å². The second-order valence-electron chi connectivity index (χ2n) is 5.51. The molecule has 0 unspecified atom stereocenters. The summed E-state index contributed by atoms with van der Waals surface area (Å²) in [6.07, 6.45) is 1.06. The van der Waals surface area contributed by atoms with Gasteiger partial charge in [0.25, 0.3) is 17.5 Å². The van der Waals surface area contributed by atoms with E-state index >= 15 is 0 Å². The quantitative estimate of drug-likeness (QED) is 0.431. The monoisotopic (exact) mass is 397 g/mol. The molecule has 2 N–H and O–H groups in total. The number of anilines is 1. The van der Waals surface area contributed by atoms with E-state index in [1.165, 1.54) is 6.07 Å². The number of nitro benzene ring substituents is 1. The third-order valence-electron chi connectivity index (χ3n) is 3.55. The van der Waals surface area contributed by atoms with Gasteiger partial charge in [0.2, 0.25) is 0 Å². The maximum atomic E-state index is 12.2. The van der Waals surface area contributed by atoms with Crippen LogP contribution < -0.4 is 5.32 Å². The number of aliphatic hydroxyl groups is 1. The zero-order chi connectivity index (χ0) is 18.0. The van der Waals surface area contributed by atoms with Crippen LogP contribution >= 0.6 is 15.9 Å². The van der Waals surface area contributed by atoms with Crippen LogP contribution in [0, 0.1) is 10.1 Å². The zero-order valence-corrected chi connectivity index (χ0v) is 14.7. The number of β-amino-alcohol motifs (C(OH)–C–C–N with tert-alkyl or cyclic N) is 1. The first kappa shape index (κ1) is 18.1. The summed E-state index contributed by atoms with van der Waals surface area (Å²) >= 11 is 3.28. The Hall–Kier alpha value is -2.26. The lowest BCUT2D eigenvalue weighted by atomic mass is 10.0. The van der Waals surface area contributed by atoms with E-state index in [1.54, 1.807) is 6.07 Å².